The first kappa shape index (κ1) is 61.1. The van der Waals surface area contributed by atoms with Crippen LogP contribution in [0, 0.1) is 41.5 Å². The van der Waals surface area contributed by atoms with Crippen molar-refractivity contribution in [2.24, 2.45) is 5.84 Å². The van der Waals surface area contributed by atoms with E-state index in [4.69, 9.17) is 5.11 Å². The maximum absolute atomic E-state index is 12.9. The zero-order chi connectivity index (χ0) is 53.4. The van der Waals surface area contributed by atoms with Crippen molar-refractivity contribution in [1.29, 1.82) is 0 Å². The number of hydrogen-bond acceptors (Lipinski definition) is 5. The van der Waals surface area contributed by atoms with Crippen molar-refractivity contribution in [2.45, 2.75) is 101 Å². The Hall–Kier alpha value is -7.02. The number of carbonyl (C=O) groups is 2. The highest BCUT2D eigenvalue weighted by atomic mass is 16.2. The van der Waals surface area contributed by atoms with Crippen LogP contribution in [0.1, 0.15) is 130 Å². The molecule has 72 heavy (non-hydrogen) atoms. The first-order valence-corrected chi connectivity index (χ1v) is 25.2. The van der Waals surface area contributed by atoms with Gasteiger partial charge in [-0.3, -0.25) is 20.9 Å². The number of aliphatic hydroxyl groups is 1. The van der Waals surface area contributed by atoms with Gasteiger partial charge in [0.1, 0.15) is 0 Å². The van der Waals surface area contributed by atoms with E-state index >= 15 is 0 Å². The van der Waals surface area contributed by atoms with Gasteiger partial charge in [-0.05, 0) is 123 Å². The van der Waals surface area contributed by atoms with Crippen LogP contribution in [0.3, 0.4) is 0 Å². The maximum Gasteiger partial charge on any atom is 0.193 e. The molecule has 0 aliphatic heterocycles. The molecule has 378 valence electrons. The lowest BCUT2D eigenvalue weighted by Crippen LogP contribution is -2.13. The van der Waals surface area contributed by atoms with Crippen molar-refractivity contribution >= 4 is 11.6 Å². The van der Waals surface area contributed by atoms with Crippen LogP contribution in [0.2, 0.25) is 0 Å². The summed E-state index contributed by atoms with van der Waals surface area (Å²) in [6, 6.07) is 65.7. The molecular weight excluding hydrogens is 881 g/mol. The number of nitrogens with two attached hydrogens (primary N) is 1. The Labute approximate surface area is 434 Å². The molecule has 0 heterocycles. The van der Waals surface area contributed by atoms with Gasteiger partial charge in [0.15, 0.2) is 11.6 Å². The fourth-order valence-corrected chi connectivity index (χ4v) is 7.51. The van der Waals surface area contributed by atoms with E-state index in [2.05, 4.69) is 149 Å². The van der Waals surface area contributed by atoms with Gasteiger partial charge in [0, 0.05) is 29.4 Å². The number of benzene rings is 8. The van der Waals surface area contributed by atoms with Crippen LogP contribution in [0.4, 0.5) is 0 Å². The van der Waals surface area contributed by atoms with E-state index in [-0.39, 0.29) is 11.6 Å². The van der Waals surface area contributed by atoms with Crippen molar-refractivity contribution in [3.05, 3.63) is 261 Å². The molecular formula is C67H82N2O3. The van der Waals surface area contributed by atoms with Crippen LogP contribution >= 0.6 is 0 Å². The number of hydrogen-bond donors (Lipinski definition) is 3. The number of carbonyl (C=O) groups excluding carboxylic acids is 2. The molecule has 0 aromatic heterocycles. The number of ketones is 2. The second-order valence-corrected chi connectivity index (χ2v) is 17.5. The Kier molecular flexibility index (Phi) is 29.1. The van der Waals surface area contributed by atoms with Gasteiger partial charge in [-0.2, -0.15) is 0 Å². The van der Waals surface area contributed by atoms with E-state index in [9.17, 15) is 9.59 Å². The minimum Gasteiger partial charge on any atom is -0.400 e. The Bertz CT molecular complexity index is 2760. The largest absolute Gasteiger partial charge is 0.400 e. The summed E-state index contributed by atoms with van der Waals surface area (Å²) in [5, 5.41) is 7.00. The minimum atomic E-state index is 0.0936. The fraction of sp³-hybridized carbons (Fsp3) is 0.254. The molecule has 0 spiro atoms. The zero-order valence-electron chi connectivity index (χ0n) is 45.5. The van der Waals surface area contributed by atoms with Crippen LogP contribution in [0.25, 0.3) is 22.3 Å². The maximum atomic E-state index is 12.9. The average Bonchev–Trinajstić information content (AvgIpc) is 3.40. The van der Waals surface area contributed by atoms with Gasteiger partial charge in [0.25, 0.3) is 0 Å². The smallest absolute Gasteiger partial charge is 0.193 e. The quantitative estimate of drug-likeness (QED) is 0.0721. The van der Waals surface area contributed by atoms with E-state index in [0.717, 1.165) is 62.7 Å². The lowest BCUT2D eigenvalue weighted by molar-refractivity contribution is 0.102. The fourth-order valence-electron chi connectivity index (χ4n) is 7.51. The molecule has 5 heteroatoms. The van der Waals surface area contributed by atoms with Gasteiger partial charge in [0.05, 0.1) is 0 Å². The molecule has 0 amide bonds. The molecule has 0 aliphatic rings. The van der Waals surface area contributed by atoms with Crippen molar-refractivity contribution in [3.8, 4) is 22.3 Å². The summed E-state index contributed by atoms with van der Waals surface area (Å²) in [5.74, 6) is 5.32. The standard InChI is InChI=1S/C24H24O.C22H20O.C10H14.C7H8.C2H6.CH6N2.CH4O/c1-16(2)19-9-11-20(12-10-19)21-13-14-23(18(4)15-21)24(25)22-8-6-5-7-17(22)3;1-15-8-10-18(11-9-15)19-12-13-21(17(3)14-19)22(23)20-7-5-4-6-16(20)2;1-2-3-7-10-8-5-4-6-9-10;1-7-5-3-2-4-6-7;1-2;1-3-2;1-2/h5-16H,1-4H3;4-14H,1-3H3;4-6,8-9H,2-3,7H2,1H3;2-6H,1H3;1-2H3;3H,2H2,1H3;2H,1H3. The molecule has 0 unspecified atom stereocenters. The van der Waals surface area contributed by atoms with Crippen LogP contribution in [-0.4, -0.2) is 30.8 Å². The van der Waals surface area contributed by atoms with Gasteiger partial charge in [-0.15, -0.1) is 0 Å². The molecule has 0 bridgehead atoms. The molecule has 0 saturated heterocycles. The molecule has 5 nitrogen and oxygen atoms in total. The van der Waals surface area contributed by atoms with Crippen molar-refractivity contribution < 1.29 is 14.7 Å². The topological polar surface area (TPSA) is 92.4 Å². The van der Waals surface area contributed by atoms with Crippen LogP contribution < -0.4 is 11.3 Å². The first-order valence-electron chi connectivity index (χ1n) is 25.2. The summed E-state index contributed by atoms with van der Waals surface area (Å²) in [6.45, 7) is 22.8. The third kappa shape index (κ3) is 20.4. The molecule has 0 fully saturated rings. The second kappa shape index (κ2) is 34.3. The predicted octanol–water partition coefficient (Wildman–Crippen LogP) is 16.6. The highest BCUT2D eigenvalue weighted by molar-refractivity contribution is 6.11. The van der Waals surface area contributed by atoms with Crippen molar-refractivity contribution in [2.75, 3.05) is 14.2 Å². The number of unbranched alkanes of at least 4 members (excludes halogenated alkanes) is 1. The predicted molar refractivity (Wildman–Crippen MR) is 310 cm³/mol. The van der Waals surface area contributed by atoms with E-state index < -0.39 is 0 Å². The Morgan fingerprint density at radius 3 is 1.14 bits per heavy atom. The summed E-state index contributed by atoms with van der Waals surface area (Å²) in [6.07, 6.45) is 3.83. The normalized spacial score (nSPS) is 9.78. The Morgan fingerprint density at radius 1 is 0.458 bits per heavy atom. The number of aryl methyl sites for hydroxylation is 7. The molecule has 8 aromatic rings. The Morgan fingerprint density at radius 2 is 0.792 bits per heavy atom. The van der Waals surface area contributed by atoms with E-state index in [0.29, 0.717) is 5.92 Å². The number of nitrogens with one attached hydrogen (secondary N) is 1. The molecule has 0 aliphatic carbocycles. The van der Waals surface area contributed by atoms with Crippen LogP contribution in [-0.2, 0) is 6.42 Å². The minimum absolute atomic E-state index is 0.0936. The van der Waals surface area contributed by atoms with E-state index in [1.807, 2.05) is 133 Å². The van der Waals surface area contributed by atoms with Crippen molar-refractivity contribution in [1.82, 2.24) is 5.43 Å². The number of aliphatic hydroxyl groups excluding tert-OH is 1. The van der Waals surface area contributed by atoms with Gasteiger partial charge < -0.3 is 5.11 Å². The van der Waals surface area contributed by atoms with Crippen molar-refractivity contribution in [3.63, 3.8) is 0 Å². The van der Waals surface area contributed by atoms with Crippen LogP contribution in [0.15, 0.2) is 194 Å². The number of hydrazine groups is 1. The summed E-state index contributed by atoms with van der Waals surface area (Å²) in [7, 11) is 2.65. The third-order valence-electron chi connectivity index (χ3n) is 11.6. The Balaban J connectivity index is 0.000000343. The molecule has 4 N–H and O–H groups in total. The highest BCUT2D eigenvalue weighted by Crippen LogP contribution is 2.27. The third-order valence-corrected chi connectivity index (χ3v) is 11.6. The molecule has 0 saturated carbocycles. The summed E-state index contributed by atoms with van der Waals surface area (Å²) < 4.78 is 0. The lowest BCUT2D eigenvalue weighted by Gasteiger charge is -2.11. The van der Waals surface area contributed by atoms with Gasteiger partial charge in [0.2, 0.25) is 0 Å². The van der Waals surface area contributed by atoms with Gasteiger partial charge in [-0.1, -0.05) is 246 Å². The average molecular weight is 963 g/mol. The number of rotatable bonds is 10. The zero-order valence-corrected chi connectivity index (χ0v) is 45.5. The first-order chi connectivity index (χ1) is 34.8. The van der Waals surface area contributed by atoms with Gasteiger partial charge >= 0.3 is 0 Å². The van der Waals surface area contributed by atoms with E-state index in [1.54, 1.807) is 7.05 Å². The van der Waals surface area contributed by atoms with Crippen LogP contribution in [0.5, 0.6) is 0 Å². The monoisotopic (exact) mass is 963 g/mol. The molecule has 8 rings (SSSR count). The van der Waals surface area contributed by atoms with Gasteiger partial charge in [-0.25, -0.2) is 0 Å². The molecule has 8 aromatic carbocycles. The molecule has 0 atom stereocenters. The highest BCUT2D eigenvalue weighted by Gasteiger charge is 2.16. The molecule has 0 radical (unpaired) electrons. The SMILES string of the molecule is CC.CCCCc1ccccc1.CNN.CO.Cc1ccc(-c2ccc(C(=O)c3ccccc3C)c(C)c2)cc1.Cc1ccccc1.Cc1ccccc1C(=O)c1ccc(-c2ccc(C(C)C)cc2)cc1C. The lowest BCUT2D eigenvalue weighted by atomic mass is 9.92. The second-order valence-electron chi connectivity index (χ2n) is 17.5. The van der Waals surface area contributed by atoms with E-state index in [1.165, 1.54) is 52.6 Å². The summed E-state index contributed by atoms with van der Waals surface area (Å²) in [5.41, 5.74) is 19.4. The summed E-state index contributed by atoms with van der Waals surface area (Å²) in [4.78, 5) is 25.6. The summed E-state index contributed by atoms with van der Waals surface area (Å²) >= 11 is 0.